The van der Waals surface area contributed by atoms with Crippen molar-refractivity contribution in [1.82, 2.24) is 20.2 Å². The van der Waals surface area contributed by atoms with Crippen LogP contribution in [-0.2, 0) is 0 Å². The monoisotopic (exact) mass is 247 g/mol. The SMILES string of the molecule is COc1cnc(C(N)c2ccnnc2)c(OC)n1. The maximum Gasteiger partial charge on any atom is 0.240 e. The van der Waals surface area contributed by atoms with Gasteiger partial charge in [-0.25, -0.2) is 4.98 Å². The molecule has 2 aromatic heterocycles. The fraction of sp³-hybridized carbons (Fsp3) is 0.273. The van der Waals surface area contributed by atoms with Gasteiger partial charge < -0.3 is 15.2 Å². The van der Waals surface area contributed by atoms with Gasteiger partial charge in [-0.15, -0.1) is 0 Å². The van der Waals surface area contributed by atoms with Crippen LogP contribution >= 0.6 is 0 Å². The molecular formula is C11H13N5O2. The Morgan fingerprint density at radius 2 is 2.00 bits per heavy atom. The molecule has 2 heterocycles. The van der Waals surface area contributed by atoms with Crippen molar-refractivity contribution in [2.24, 2.45) is 5.73 Å². The first-order valence-corrected chi connectivity index (χ1v) is 5.23. The Balaban J connectivity index is 2.38. The Morgan fingerprint density at radius 1 is 1.17 bits per heavy atom. The zero-order chi connectivity index (χ0) is 13.0. The van der Waals surface area contributed by atoms with Gasteiger partial charge in [0.15, 0.2) is 0 Å². The van der Waals surface area contributed by atoms with Gasteiger partial charge in [-0.2, -0.15) is 15.2 Å². The molecule has 1 atom stereocenters. The predicted molar refractivity (Wildman–Crippen MR) is 63.2 cm³/mol. The van der Waals surface area contributed by atoms with Gasteiger partial charge in [0.05, 0.1) is 32.7 Å². The van der Waals surface area contributed by atoms with E-state index in [9.17, 15) is 0 Å². The standard InChI is InChI=1S/C11H13N5O2/c1-17-8-6-13-10(11(16-8)18-2)9(12)7-3-4-14-15-5-7/h3-6,9H,12H2,1-2H3. The van der Waals surface area contributed by atoms with Crippen molar-refractivity contribution in [3.8, 4) is 11.8 Å². The summed E-state index contributed by atoms with van der Waals surface area (Å²) in [5.74, 6) is 0.703. The summed E-state index contributed by atoms with van der Waals surface area (Å²) in [6, 6.07) is 1.29. The molecule has 0 aliphatic rings. The first kappa shape index (κ1) is 12.2. The van der Waals surface area contributed by atoms with Crippen LogP contribution in [0.1, 0.15) is 17.3 Å². The summed E-state index contributed by atoms with van der Waals surface area (Å²) < 4.78 is 10.1. The second kappa shape index (κ2) is 5.37. The number of aromatic nitrogens is 4. The number of ether oxygens (including phenoxy) is 2. The van der Waals surface area contributed by atoms with Crippen LogP contribution < -0.4 is 15.2 Å². The second-order valence-corrected chi connectivity index (χ2v) is 3.46. The van der Waals surface area contributed by atoms with Gasteiger partial charge in [0, 0.05) is 6.20 Å². The molecule has 7 nitrogen and oxygen atoms in total. The largest absolute Gasteiger partial charge is 0.480 e. The van der Waals surface area contributed by atoms with Crippen LogP contribution in [0.2, 0.25) is 0 Å². The Bertz CT molecular complexity index is 520. The van der Waals surface area contributed by atoms with Gasteiger partial charge in [-0.3, -0.25) is 0 Å². The molecule has 0 spiro atoms. The number of methoxy groups -OCH3 is 2. The molecule has 0 bridgehead atoms. The first-order valence-electron chi connectivity index (χ1n) is 5.23. The lowest BCUT2D eigenvalue weighted by molar-refractivity contribution is 0.355. The van der Waals surface area contributed by atoms with Crippen LogP contribution in [0.3, 0.4) is 0 Å². The molecular weight excluding hydrogens is 234 g/mol. The Kier molecular flexibility index (Phi) is 3.63. The van der Waals surface area contributed by atoms with Gasteiger partial charge in [0.25, 0.3) is 0 Å². The van der Waals surface area contributed by atoms with Gasteiger partial charge in [0.1, 0.15) is 5.69 Å². The van der Waals surface area contributed by atoms with E-state index in [1.807, 2.05) is 0 Å². The van der Waals surface area contributed by atoms with Crippen molar-refractivity contribution in [2.75, 3.05) is 14.2 Å². The van der Waals surface area contributed by atoms with E-state index in [1.165, 1.54) is 20.4 Å². The van der Waals surface area contributed by atoms with Crippen molar-refractivity contribution >= 4 is 0 Å². The fourth-order valence-electron chi connectivity index (χ4n) is 1.47. The Hall–Kier alpha value is -2.28. The molecule has 0 aliphatic carbocycles. The van der Waals surface area contributed by atoms with E-state index in [4.69, 9.17) is 15.2 Å². The highest BCUT2D eigenvalue weighted by atomic mass is 16.5. The summed E-state index contributed by atoms with van der Waals surface area (Å²) in [7, 11) is 3.01. The van der Waals surface area contributed by atoms with E-state index >= 15 is 0 Å². The van der Waals surface area contributed by atoms with Gasteiger partial charge >= 0.3 is 0 Å². The van der Waals surface area contributed by atoms with E-state index in [-0.39, 0.29) is 0 Å². The van der Waals surface area contributed by atoms with E-state index in [1.54, 1.807) is 18.5 Å². The molecule has 0 aliphatic heterocycles. The summed E-state index contributed by atoms with van der Waals surface area (Å²) in [6.07, 6.45) is 4.64. The molecule has 0 fully saturated rings. The van der Waals surface area contributed by atoms with Crippen LogP contribution in [-0.4, -0.2) is 34.4 Å². The lowest BCUT2D eigenvalue weighted by Crippen LogP contribution is -2.16. The van der Waals surface area contributed by atoms with Crippen molar-refractivity contribution in [3.05, 3.63) is 35.9 Å². The maximum atomic E-state index is 6.09. The molecule has 2 aromatic rings. The third-order valence-corrected chi connectivity index (χ3v) is 2.41. The van der Waals surface area contributed by atoms with Gasteiger partial charge in [0.2, 0.25) is 11.8 Å². The number of nitrogens with two attached hydrogens (primary N) is 1. The molecule has 1 unspecified atom stereocenters. The van der Waals surface area contributed by atoms with Crippen LogP contribution in [0.4, 0.5) is 0 Å². The number of nitrogens with zero attached hydrogens (tertiary/aromatic N) is 4. The quantitative estimate of drug-likeness (QED) is 0.831. The van der Waals surface area contributed by atoms with Crippen LogP contribution in [0.5, 0.6) is 11.8 Å². The van der Waals surface area contributed by atoms with E-state index in [2.05, 4.69) is 20.2 Å². The fourth-order valence-corrected chi connectivity index (χ4v) is 1.47. The van der Waals surface area contributed by atoms with Crippen molar-refractivity contribution in [2.45, 2.75) is 6.04 Å². The number of hydrogen-bond acceptors (Lipinski definition) is 7. The predicted octanol–water partition coefficient (Wildman–Crippen LogP) is 0.332. The highest BCUT2D eigenvalue weighted by Gasteiger charge is 2.18. The molecule has 0 amide bonds. The van der Waals surface area contributed by atoms with Gasteiger partial charge in [-0.1, -0.05) is 0 Å². The summed E-state index contributed by atoms with van der Waals surface area (Å²) in [4.78, 5) is 8.34. The Morgan fingerprint density at radius 3 is 2.61 bits per heavy atom. The van der Waals surface area contributed by atoms with Crippen LogP contribution in [0, 0.1) is 0 Å². The van der Waals surface area contributed by atoms with E-state index in [0.717, 1.165) is 5.56 Å². The smallest absolute Gasteiger partial charge is 0.240 e. The average Bonchev–Trinajstić information content (AvgIpc) is 2.46. The minimum absolute atomic E-state index is 0.332. The summed E-state index contributed by atoms with van der Waals surface area (Å²) >= 11 is 0. The third-order valence-electron chi connectivity index (χ3n) is 2.41. The average molecular weight is 247 g/mol. The summed E-state index contributed by atoms with van der Waals surface area (Å²) in [5, 5.41) is 7.48. The lowest BCUT2D eigenvalue weighted by atomic mass is 10.1. The van der Waals surface area contributed by atoms with Crippen LogP contribution in [0.25, 0.3) is 0 Å². The zero-order valence-electron chi connectivity index (χ0n) is 10.1. The molecule has 0 saturated carbocycles. The van der Waals surface area contributed by atoms with Crippen molar-refractivity contribution < 1.29 is 9.47 Å². The molecule has 2 N–H and O–H groups in total. The minimum atomic E-state index is -0.478. The Labute approximate surface area is 104 Å². The molecule has 0 saturated heterocycles. The highest BCUT2D eigenvalue weighted by Crippen LogP contribution is 2.25. The second-order valence-electron chi connectivity index (χ2n) is 3.46. The van der Waals surface area contributed by atoms with E-state index in [0.29, 0.717) is 17.5 Å². The summed E-state index contributed by atoms with van der Waals surface area (Å²) in [6.45, 7) is 0. The number of rotatable bonds is 4. The van der Waals surface area contributed by atoms with Gasteiger partial charge in [-0.05, 0) is 11.6 Å². The molecule has 0 aromatic carbocycles. The maximum absolute atomic E-state index is 6.09. The molecule has 18 heavy (non-hydrogen) atoms. The first-order chi connectivity index (χ1) is 8.76. The topological polar surface area (TPSA) is 96.0 Å². The lowest BCUT2D eigenvalue weighted by Gasteiger charge is -2.13. The highest BCUT2D eigenvalue weighted by molar-refractivity contribution is 5.32. The van der Waals surface area contributed by atoms with Crippen LogP contribution in [0.15, 0.2) is 24.7 Å². The van der Waals surface area contributed by atoms with E-state index < -0.39 is 6.04 Å². The molecule has 7 heteroatoms. The third kappa shape index (κ3) is 2.35. The van der Waals surface area contributed by atoms with Crippen molar-refractivity contribution in [1.29, 1.82) is 0 Å². The number of hydrogen-bond donors (Lipinski definition) is 1. The van der Waals surface area contributed by atoms with Crippen molar-refractivity contribution in [3.63, 3.8) is 0 Å². The minimum Gasteiger partial charge on any atom is -0.480 e. The molecule has 94 valence electrons. The summed E-state index contributed by atoms with van der Waals surface area (Å²) in [5.41, 5.74) is 7.39. The zero-order valence-corrected chi connectivity index (χ0v) is 10.1. The normalized spacial score (nSPS) is 11.9. The molecule has 2 rings (SSSR count). The molecule has 0 radical (unpaired) electrons.